The number of carbonyl (C=O) groups is 1. The van der Waals surface area contributed by atoms with Crippen LogP contribution in [0.1, 0.15) is 6.42 Å². The predicted octanol–water partition coefficient (Wildman–Crippen LogP) is 0.0533. The van der Waals surface area contributed by atoms with Crippen molar-refractivity contribution in [2.45, 2.75) is 6.42 Å². The van der Waals surface area contributed by atoms with E-state index in [4.69, 9.17) is 10.5 Å². The molecule has 20 heavy (non-hydrogen) atoms. The Morgan fingerprint density at radius 3 is 3.15 bits per heavy atom. The summed E-state index contributed by atoms with van der Waals surface area (Å²) in [7, 11) is 1.61. The first kappa shape index (κ1) is 14.3. The average Bonchev–Trinajstić information content (AvgIpc) is 2.49. The Morgan fingerprint density at radius 1 is 1.65 bits per heavy atom. The number of ether oxygens (including phenoxy) is 1. The number of aldehydes is 1. The maximum atomic E-state index is 10.6. The van der Waals surface area contributed by atoms with Crippen LogP contribution < -0.4 is 16.4 Å². The number of aliphatic imine (C=N–C) groups is 1. The van der Waals surface area contributed by atoms with E-state index in [1.165, 1.54) is 0 Å². The van der Waals surface area contributed by atoms with E-state index in [0.29, 0.717) is 25.5 Å². The summed E-state index contributed by atoms with van der Waals surface area (Å²) in [6.07, 6.45) is 7.57. The van der Waals surface area contributed by atoms with Crippen molar-refractivity contribution in [3.05, 3.63) is 35.4 Å². The van der Waals surface area contributed by atoms with Gasteiger partial charge in [-0.15, -0.1) is 0 Å². The van der Waals surface area contributed by atoms with Gasteiger partial charge in [-0.1, -0.05) is 12.2 Å². The Bertz CT molecular complexity index is 491. The smallest absolute Gasteiger partial charge is 0.127 e. The Morgan fingerprint density at radius 2 is 2.50 bits per heavy atom. The maximum absolute atomic E-state index is 10.6. The third kappa shape index (κ3) is 3.71. The van der Waals surface area contributed by atoms with E-state index in [1.54, 1.807) is 7.11 Å². The molecule has 0 aromatic rings. The van der Waals surface area contributed by atoms with Crippen molar-refractivity contribution in [2.75, 3.05) is 26.8 Å². The minimum atomic E-state index is 0.00488. The fraction of sp³-hybridized carbons (Fsp3) is 0.429. The molecule has 0 fully saturated rings. The third-order valence-electron chi connectivity index (χ3n) is 3.17. The van der Waals surface area contributed by atoms with Crippen molar-refractivity contribution < 1.29 is 9.53 Å². The molecule has 2 rings (SSSR count). The standard InChI is InChI=1S/C14H20N4O2/c1-20-9-13-14(15)17-7-12(18-13)6-16-11-4-2-10(8-19)3-5-11/h2,4-5,8,10,16-17H,3,6-7,9,15H2,1H3. The first-order chi connectivity index (χ1) is 9.72. The molecule has 0 radical (unpaired) electrons. The highest BCUT2D eigenvalue weighted by Gasteiger charge is 2.13. The van der Waals surface area contributed by atoms with Gasteiger partial charge >= 0.3 is 0 Å². The summed E-state index contributed by atoms with van der Waals surface area (Å²) in [5.74, 6) is 0.575. The second-order valence-electron chi connectivity index (χ2n) is 4.73. The molecule has 1 unspecified atom stereocenters. The zero-order chi connectivity index (χ0) is 14.4. The van der Waals surface area contributed by atoms with Crippen molar-refractivity contribution in [1.29, 1.82) is 0 Å². The van der Waals surface area contributed by atoms with Crippen LogP contribution in [-0.4, -0.2) is 38.8 Å². The van der Waals surface area contributed by atoms with Crippen LogP contribution in [0.4, 0.5) is 0 Å². The van der Waals surface area contributed by atoms with Crippen molar-refractivity contribution in [3.8, 4) is 0 Å². The van der Waals surface area contributed by atoms with Gasteiger partial charge in [-0.05, 0) is 12.5 Å². The Hall–Kier alpha value is -2.08. The molecule has 0 bridgehead atoms. The number of nitrogens with one attached hydrogen (secondary N) is 2. The number of hydrogen-bond donors (Lipinski definition) is 3. The first-order valence-electron chi connectivity index (χ1n) is 6.58. The molecule has 0 saturated carbocycles. The second kappa shape index (κ2) is 6.91. The van der Waals surface area contributed by atoms with Gasteiger partial charge in [0.1, 0.15) is 17.8 Å². The van der Waals surface area contributed by atoms with Crippen LogP contribution in [0.25, 0.3) is 0 Å². The van der Waals surface area contributed by atoms with E-state index >= 15 is 0 Å². The number of carbonyl (C=O) groups excluding carboxylic acids is 1. The summed E-state index contributed by atoms with van der Waals surface area (Å²) in [6.45, 7) is 1.65. The number of hydrogen-bond acceptors (Lipinski definition) is 6. The van der Waals surface area contributed by atoms with Crippen LogP contribution in [0.2, 0.25) is 0 Å². The van der Waals surface area contributed by atoms with E-state index in [0.717, 1.165) is 29.8 Å². The van der Waals surface area contributed by atoms with E-state index < -0.39 is 0 Å². The third-order valence-corrected chi connectivity index (χ3v) is 3.17. The molecule has 6 heteroatoms. The molecule has 108 valence electrons. The molecule has 0 saturated heterocycles. The topological polar surface area (TPSA) is 88.7 Å². The second-order valence-corrected chi connectivity index (χ2v) is 4.73. The van der Waals surface area contributed by atoms with Crippen LogP contribution in [0.5, 0.6) is 0 Å². The summed E-state index contributed by atoms with van der Waals surface area (Å²) in [6, 6.07) is 0. The lowest BCUT2D eigenvalue weighted by Gasteiger charge is -2.20. The van der Waals surface area contributed by atoms with Crippen molar-refractivity contribution in [2.24, 2.45) is 16.6 Å². The van der Waals surface area contributed by atoms with Crippen LogP contribution in [-0.2, 0) is 9.53 Å². The number of methoxy groups -OCH3 is 1. The van der Waals surface area contributed by atoms with Gasteiger partial charge in [0, 0.05) is 18.7 Å². The molecule has 1 heterocycles. The van der Waals surface area contributed by atoms with Crippen LogP contribution in [0.15, 0.2) is 40.4 Å². The van der Waals surface area contributed by atoms with E-state index in [9.17, 15) is 4.79 Å². The highest BCUT2D eigenvalue weighted by molar-refractivity contribution is 5.90. The van der Waals surface area contributed by atoms with Gasteiger partial charge in [0.2, 0.25) is 0 Å². The fourth-order valence-corrected chi connectivity index (χ4v) is 2.01. The minimum absolute atomic E-state index is 0.00488. The Kier molecular flexibility index (Phi) is 4.95. The molecule has 6 nitrogen and oxygen atoms in total. The van der Waals surface area contributed by atoms with Gasteiger partial charge in [0.15, 0.2) is 0 Å². The van der Waals surface area contributed by atoms with Crippen LogP contribution >= 0.6 is 0 Å². The molecule has 1 atom stereocenters. The molecule has 4 N–H and O–H groups in total. The van der Waals surface area contributed by atoms with E-state index in [1.807, 2.05) is 18.2 Å². The predicted molar refractivity (Wildman–Crippen MR) is 77.9 cm³/mol. The molecule has 0 spiro atoms. The molecule has 0 amide bonds. The molecular weight excluding hydrogens is 256 g/mol. The zero-order valence-electron chi connectivity index (χ0n) is 11.6. The molecule has 1 aliphatic heterocycles. The van der Waals surface area contributed by atoms with Crippen molar-refractivity contribution >= 4 is 12.0 Å². The lowest BCUT2D eigenvalue weighted by atomic mass is 10.0. The summed E-state index contributed by atoms with van der Waals surface area (Å²) in [4.78, 5) is 15.1. The van der Waals surface area contributed by atoms with E-state index in [-0.39, 0.29) is 5.92 Å². The molecular formula is C14H20N4O2. The Balaban J connectivity index is 1.89. The summed E-state index contributed by atoms with van der Waals surface area (Å²) < 4.78 is 5.06. The van der Waals surface area contributed by atoms with Crippen LogP contribution in [0, 0.1) is 5.92 Å². The fourth-order valence-electron chi connectivity index (χ4n) is 2.01. The summed E-state index contributed by atoms with van der Waals surface area (Å²) in [5, 5.41) is 6.39. The monoisotopic (exact) mass is 276 g/mol. The number of rotatable bonds is 6. The normalized spacial score (nSPS) is 21.9. The van der Waals surface area contributed by atoms with Gasteiger partial charge in [0.25, 0.3) is 0 Å². The van der Waals surface area contributed by atoms with Gasteiger partial charge in [-0.2, -0.15) is 0 Å². The molecule has 2 aliphatic rings. The van der Waals surface area contributed by atoms with Gasteiger partial charge in [-0.3, -0.25) is 4.99 Å². The SMILES string of the molecule is COCC1=C(N)NCC(CNC2=CCC(C=O)C=C2)=N1. The number of allylic oxidation sites excluding steroid dienone is 3. The minimum Gasteiger partial charge on any atom is -0.384 e. The first-order valence-corrected chi connectivity index (χ1v) is 6.58. The van der Waals surface area contributed by atoms with Crippen molar-refractivity contribution in [1.82, 2.24) is 10.6 Å². The maximum Gasteiger partial charge on any atom is 0.127 e. The van der Waals surface area contributed by atoms with E-state index in [2.05, 4.69) is 15.6 Å². The largest absolute Gasteiger partial charge is 0.384 e. The van der Waals surface area contributed by atoms with Gasteiger partial charge in [0.05, 0.1) is 25.4 Å². The average molecular weight is 276 g/mol. The number of nitrogens with two attached hydrogens (primary N) is 1. The summed E-state index contributed by atoms with van der Waals surface area (Å²) >= 11 is 0. The van der Waals surface area contributed by atoms with Crippen molar-refractivity contribution in [3.63, 3.8) is 0 Å². The van der Waals surface area contributed by atoms with Gasteiger partial charge in [-0.25, -0.2) is 0 Å². The van der Waals surface area contributed by atoms with Crippen LogP contribution in [0.3, 0.4) is 0 Å². The Labute approximate surface area is 118 Å². The lowest BCUT2D eigenvalue weighted by Crippen LogP contribution is -2.37. The molecule has 1 aliphatic carbocycles. The number of nitrogens with zero attached hydrogens (tertiary/aromatic N) is 1. The zero-order valence-corrected chi connectivity index (χ0v) is 11.6. The summed E-state index contributed by atoms with van der Waals surface area (Å²) in [5.41, 5.74) is 8.51. The highest BCUT2D eigenvalue weighted by atomic mass is 16.5. The van der Waals surface area contributed by atoms with Gasteiger partial charge < -0.3 is 25.9 Å². The molecule has 0 aromatic heterocycles. The molecule has 0 aromatic carbocycles. The highest BCUT2D eigenvalue weighted by Crippen LogP contribution is 2.12. The lowest BCUT2D eigenvalue weighted by molar-refractivity contribution is -0.109. The quantitative estimate of drug-likeness (QED) is 0.597.